The van der Waals surface area contributed by atoms with Gasteiger partial charge in [0, 0.05) is 23.1 Å². The first-order valence-corrected chi connectivity index (χ1v) is 8.24. The van der Waals surface area contributed by atoms with E-state index in [-0.39, 0.29) is 17.5 Å². The van der Waals surface area contributed by atoms with Gasteiger partial charge >= 0.3 is 0 Å². The Labute approximate surface area is 152 Å². The Hall–Kier alpha value is -3.47. The minimum Gasteiger partial charge on any atom is -0.322 e. The third-order valence-electron chi connectivity index (χ3n) is 3.92. The fourth-order valence-electron chi connectivity index (χ4n) is 2.56. The van der Waals surface area contributed by atoms with E-state index in [0.29, 0.717) is 11.3 Å². The number of nitrogens with zero attached hydrogens (tertiary/aromatic N) is 1. The van der Waals surface area contributed by atoms with E-state index in [2.05, 4.69) is 15.6 Å². The number of para-hydroxylation sites is 1. The molecule has 3 aromatic rings. The van der Waals surface area contributed by atoms with Crippen molar-refractivity contribution in [1.29, 1.82) is 0 Å². The molecule has 0 aliphatic carbocycles. The number of aromatic nitrogens is 1. The molecule has 0 saturated heterocycles. The topological polar surface area (TPSA) is 71.1 Å². The molecule has 5 nitrogen and oxygen atoms in total. The number of amides is 2. The molecule has 5 heteroatoms. The molecule has 2 amide bonds. The van der Waals surface area contributed by atoms with Crippen LogP contribution in [0.2, 0.25) is 0 Å². The second kappa shape index (κ2) is 7.61. The predicted octanol–water partition coefficient (Wildman–Crippen LogP) is 4.20. The molecule has 0 spiro atoms. The van der Waals surface area contributed by atoms with Gasteiger partial charge in [-0.1, -0.05) is 35.9 Å². The molecule has 3 rings (SSSR count). The highest BCUT2D eigenvalue weighted by molar-refractivity contribution is 6.08. The van der Waals surface area contributed by atoms with Crippen LogP contribution in [0.4, 0.5) is 11.4 Å². The van der Waals surface area contributed by atoms with Gasteiger partial charge in [0.2, 0.25) is 0 Å². The SMILES string of the molecule is Cc1ccc(NC(=O)c2cc(C(=O)Nc3ccccc3)ccn2)c(C)c1. The van der Waals surface area contributed by atoms with Gasteiger partial charge < -0.3 is 10.6 Å². The zero-order chi connectivity index (χ0) is 18.5. The highest BCUT2D eigenvalue weighted by Gasteiger charge is 2.13. The fraction of sp³-hybridized carbons (Fsp3) is 0.0952. The second-order valence-electron chi connectivity index (χ2n) is 6.02. The lowest BCUT2D eigenvalue weighted by molar-refractivity contribution is 0.102. The van der Waals surface area contributed by atoms with Crippen molar-refractivity contribution < 1.29 is 9.59 Å². The summed E-state index contributed by atoms with van der Waals surface area (Å²) in [4.78, 5) is 28.9. The lowest BCUT2D eigenvalue weighted by atomic mass is 10.1. The van der Waals surface area contributed by atoms with Crippen molar-refractivity contribution in [2.45, 2.75) is 13.8 Å². The van der Waals surface area contributed by atoms with Crippen molar-refractivity contribution in [2.75, 3.05) is 10.6 Å². The second-order valence-corrected chi connectivity index (χ2v) is 6.02. The average molecular weight is 345 g/mol. The van der Waals surface area contributed by atoms with Crippen molar-refractivity contribution >= 4 is 23.2 Å². The van der Waals surface area contributed by atoms with Crippen LogP contribution in [-0.2, 0) is 0 Å². The number of rotatable bonds is 4. The van der Waals surface area contributed by atoms with E-state index in [1.54, 1.807) is 18.2 Å². The summed E-state index contributed by atoms with van der Waals surface area (Å²) in [6, 6.07) is 18.0. The third kappa shape index (κ3) is 4.13. The average Bonchev–Trinajstić information content (AvgIpc) is 2.65. The molecule has 0 atom stereocenters. The Morgan fingerprint density at radius 1 is 0.846 bits per heavy atom. The molecule has 0 bridgehead atoms. The summed E-state index contributed by atoms with van der Waals surface area (Å²) in [5, 5.41) is 5.63. The van der Waals surface area contributed by atoms with E-state index in [1.165, 1.54) is 12.3 Å². The molecule has 2 N–H and O–H groups in total. The van der Waals surface area contributed by atoms with Crippen molar-refractivity contribution in [3.63, 3.8) is 0 Å². The molecule has 0 unspecified atom stereocenters. The number of carbonyl (C=O) groups is 2. The number of pyridine rings is 1. The zero-order valence-corrected chi connectivity index (χ0v) is 14.6. The van der Waals surface area contributed by atoms with Crippen LogP contribution in [0, 0.1) is 13.8 Å². The van der Waals surface area contributed by atoms with Gasteiger partial charge in [-0.15, -0.1) is 0 Å². The van der Waals surface area contributed by atoms with Gasteiger partial charge in [-0.25, -0.2) is 0 Å². The first kappa shape index (κ1) is 17.4. The molecule has 0 aliphatic heterocycles. The van der Waals surface area contributed by atoms with Gasteiger partial charge in [0.15, 0.2) is 0 Å². The fourth-order valence-corrected chi connectivity index (χ4v) is 2.56. The normalized spacial score (nSPS) is 10.2. The molecule has 0 fully saturated rings. The van der Waals surface area contributed by atoms with E-state index < -0.39 is 0 Å². The summed E-state index contributed by atoms with van der Waals surface area (Å²) < 4.78 is 0. The van der Waals surface area contributed by atoms with E-state index in [4.69, 9.17) is 0 Å². The lowest BCUT2D eigenvalue weighted by Crippen LogP contribution is -2.17. The van der Waals surface area contributed by atoms with Crippen LogP contribution in [0.5, 0.6) is 0 Å². The monoisotopic (exact) mass is 345 g/mol. The largest absolute Gasteiger partial charge is 0.322 e. The molecule has 0 saturated carbocycles. The number of anilines is 2. The maximum Gasteiger partial charge on any atom is 0.274 e. The summed E-state index contributed by atoms with van der Waals surface area (Å²) >= 11 is 0. The third-order valence-corrected chi connectivity index (χ3v) is 3.92. The minimum absolute atomic E-state index is 0.186. The summed E-state index contributed by atoms with van der Waals surface area (Å²) in [5.41, 5.74) is 4.06. The molecule has 1 aromatic heterocycles. The summed E-state index contributed by atoms with van der Waals surface area (Å²) in [6.45, 7) is 3.93. The molecule has 2 aromatic carbocycles. The highest BCUT2D eigenvalue weighted by Crippen LogP contribution is 2.17. The number of hydrogen-bond acceptors (Lipinski definition) is 3. The number of nitrogens with one attached hydrogen (secondary N) is 2. The van der Waals surface area contributed by atoms with Crippen molar-refractivity contribution in [2.24, 2.45) is 0 Å². The predicted molar refractivity (Wildman–Crippen MR) is 103 cm³/mol. The van der Waals surface area contributed by atoms with E-state index in [0.717, 1.165) is 16.8 Å². The van der Waals surface area contributed by atoms with Crippen LogP contribution in [0.1, 0.15) is 32.0 Å². The van der Waals surface area contributed by atoms with Crippen molar-refractivity contribution in [1.82, 2.24) is 4.98 Å². The Bertz CT molecular complexity index is 952. The molecule has 130 valence electrons. The summed E-state index contributed by atoms with van der Waals surface area (Å²) in [5.74, 6) is -0.648. The first-order chi connectivity index (χ1) is 12.5. The maximum atomic E-state index is 12.5. The molecule has 0 radical (unpaired) electrons. The van der Waals surface area contributed by atoms with E-state index in [1.807, 2.05) is 50.2 Å². The summed E-state index contributed by atoms with van der Waals surface area (Å²) in [6.07, 6.45) is 1.46. The van der Waals surface area contributed by atoms with Gasteiger partial charge in [0.1, 0.15) is 5.69 Å². The van der Waals surface area contributed by atoms with Crippen LogP contribution in [-0.4, -0.2) is 16.8 Å². The smallest absolute Gasteiger partial charge is 0.274 e. The number of hydrogen-bond donors (Lipinski definition) is 2. The molecular weight excluding hydrogens is 326 g/mol. The van der Waals surface area contributed by atoms with Crippen LogP contribution >= 0.6 is 0 Å². The van der Waals surface area contributed by atoms with Crippen LogP contribution < -0.4 is 10.6 Å². The van der Waals surface area contributed by atoms with Crippen molar-refractivity contribution in [3.8, 4) is 0 Å². The molecular formula is C21H19N3O2. The quantitative estimate of drug-likeness (QED) is 0.744. The van der Waals surface area contributed by atoms with Gasteiger partial charge in [-0.3, -0.25) is 14.6 Å². The number of benzene rings is 2. The Kier molecular flexibility index (Phi) is 5.08. The van der Waals surface area contributed by atoms with Gasteiger partial charge in [0.25, 0.3) is 11.8 Å². The van der Waals surface area contributed by atoms with Crippen LogP contribution in [0.15, 0.2) is 66.9 Å². The number of aryl methyl sites for hydroxylation is 2. The Morgan fingerprint density at radius 3 is 2.35 bits per heavy atom. The minimum atomic E-state index is -0.355. The highest BCUT2D eigenvalue weighted by atomic mass is 16.2. The Morgan fingerprint density at radius 2 is 1.62 bits per heavy atom. The standard InChI is InChI=1S/C21H19N3O2/c1-14-8-9-18(15(2)12-14)24-21(26)19-13-16(10-11-22-19)20(25)23-17-6-4-3-5-7-17/h3-13H,1-2H3,(H,23,25)(H,24,26). The molecule has 0 aliphatic rings. The van der Waals surface area contributed by atoms with Gasteiger partial charge in [0.05, 0.1) is 0 Å². The first-order valence-electron chi connectivity index (χ1n) is 8.24. The van der Waals surface area contributed by atoms with E-state index >= 15 is 0 Å². The van der Waals surface area contributed by atoms with Crippen LogP contribution in [0.25, 0.3) is 0 Å². The maximum absolute atomic E-state index is 12.5. The van der Waals surface area contributed by atoms with Crippen molar-refractivity contribution in [3.05, 3.63) is 89.2 Å². The molecule has 1 heterocycles. The zero-order valence-electron chi connectivity index (χ0n) is 14.6. The van der Waals surface area contributed by atoms with Gasteiger partial charge in [-0.2, -0.15) is 0 Å². The molecule has 26 heavy (non-hydrogen) atoms. The number of carbonyl (C=O) groups excluding carboxylic acids is 2. The lowest BCUT2D eigenvalue weighted by Gasteiger charge is -2.10. The van der Waals surface area contributed by atoms with Crippen LogP contribution in [0.3, 0.4) is 0 Å². The summed E-state index contributed by atoms with van der Waals surface area (Å²) in [7, 11) is 0. The van der Waals surface area contributed by atoms with Gasteiger partial charge in [-0.05, 0) is 49.7 Å². The van der Waals surface area contributed by atoms with E-state index in [9.17, 15) is 9.59 Å². The Balaban J connectivity index is 1.76.